The molecule has 1 aliphatic rings. The Balaban J connectivity index is 1.65. The predicted molar refractivity (Wildman–Crippen MR) is 88.0 cm³/mol. The van der Waals surface area contributed by atoms with Gasteiger partial charge in [-0.05, 0) is 30.2 Å². The number of carbonyl (C=O) groups is 2. The van der Waals surface area contributed by atoms with Crippen LogP contribution in [0.5, 0.6) is 0 Å². The molecule has 3 rings (SSSR count). The Kier molecular flexibility index (Phi) is 4.42. The Bertz CT molecular complexity index is 795. The highest BCUT2D eigenvalue weighted by atomic mass is 16.6. The number of benzene rings is 2. The molecule has 24 heavy (non-hydrogen) atoms. The summed E-state index contributed by atoms with van der Waals surface area (Å²) in [5.41, 5.74) is 2.95. The van der Waals surface area contributed by atoms with Crippen molar-refractivity contribution in [3.8, 4) is 0 Å². The van der Waals surface area contributed by atoms with E-state index in [-0.39, 0.29) is 0 Å². The van der Waals surface area contributed by atoms with Crippen molar-refractivity contribution in [3.63, 3.8) is 0 Å². The van der Waals surface area contributed by atoms with Crippen LogP contribution in [-0.2, 0) is 11.4 Å². The van der Waals surface area contributed by atoms with Crippen molar-refractivity contribution < 1.29 is 14.4 Å². The first-order valence-corrected chi connectivity index (χ1v) is 7.26. The summed E-state index contributed by atoms with van der Waals surface area (Å²) in [4.78, 5) is 29.2. The van der Waals surface area contributed by atoms with Gasteiger partial charge in [-0.25, -0.2) is 14.5 Å². The number of urea groups is 2. The summed E-state index contributed by atoms with van der Waals surface area (Å²) < 4.78 is 0. The molecule has 1 aliphatic heterocycles. The van der Waals surface area contributed by atoms with Gasteiger partial charge >= 0.3 is 12.1 Å². The minimum Gasteiger partial charge on any atom is -0.391 e. The van der Waals surface area contributed by atoms with Crippen molar-refractivity contribution in [1.29, 1.82) is 0 Å². The average molecular weight is 322 g/mol. The second-order valence-electron chi connectivity index (χ2n) is 5.08. The van der Waals surface area contributed by atoms with Crippen LogP contribution in [0.25, 0.3) is 0 Å². The van der Waals surface area contributed by atoms with E-state index in [2.05, 4.69) is 15.4 Å². The van der Waals surface area contributed by atoms with Gasteiger partial charge in [0.05, 0.1) is 11.4 Å². The zero-order valence-corrected chi connectivity index (χ0v) is 12.9. The second-order valence-corrected chi connectivity index (χ2v) is 5.08. The summed E-state index contributed by atoms with van der Waals surface area (Å²) in [7, 11) is 0. The predicted octanol–water partition coefficient (Wildman–Crippen LogP) is 4.14. The Morgan fingerprint density at radius 1 is 1.00 bits per heavy atom. The number of imide groups is 1. The molecule has 0 aromatic heterocycles. The number of hydrogen-bond donors (Lipinski definition) is 0. The minimum atomic E-state index is -0.690. The van der Waals surface area contributed by atoms with Gasteiger partial charge in [0.25, 0.3) is 0 Å². The van der Waals surface area contributed by atoms with Gasteiger partial charge in [-0.1, -0.05) is 57.8 Å². The fourth-order valence-corrected chi connectivity index (χ4v) is 2.16. The van der Waals surface area contributed by atoms with E-state index in [4.69, 9.17) is 4.84 Å². The number of rotatable bonds is 5. The van der Waals surface area contributed by atoms with Crippen molar-refractivity contribution in [2.45, 2.75) is 13.5 Å². The van der Waals surface area contributed by atoms with E-state index in [9.17, 15) is 9.59 Å². The third kappa shape index (κ3) is 3.35. The maximum absolute atomic E-state index is 11.5. The van der Waals surface area contributed by atoms with Gasteiger partial charge in [-0.2, -0.15) is 0 Å². The molecule has 0 N–H and O–H groups in total. The van der Waals surface area contributed by atoms with Gasteiger partial charge in [0, 0.05) is 0 Å². The van der Waals surface area contributed by atoms with Crippen LogP contribution in [0.15, 0.2) is 70.0 Å². The maximum atomic E-state index is 11.5. The van der Waals surface area contributed by atoms with Gasteiger partial charge in [0.1, 0.15) is 6.61 Å². The molecule has 2 aromatic rings. The summed E-state index contributed by atoms with van der Waals surface area (Å²) in [6, 6.07) is 15.1. The Labute approximate surface area is 138 Å². The first kappa shape index (κ1) is 15.5. The third-order valence-corrected chi connectivity index (χ3v) is 3.42. The van der Waals surface area contributed by atoms with Crippen LogP contribution in [0.3, 0.4) is 0 Å². The number of anilines is 1. The number of nitrogens with zero attached hydrogens (tertiary/aromatic N) is 4. The summed E-state index contributed by atoms with van der Waals surface area (Å²) in [6.45, 7) is 2.20. The molecule has 0 fully saturated rings. The average Bonchev–Trinajstić information content (AvgIpc) is 2.94. The minimum absolute atomic E-state index is 0.385. The molecule has 0 unspecified atom stereocenters. The van der Waals surface area contributed by atoms with E-state index < -0.39 is 12.1 Å². The fourth-order valence-electron chi connectivity index (χ4n) is 2.16. The first-order chi connectivity index (χ1) is 11.6. The monoisotopic (exact) mass is 322 g/mol. The van der Waals surface area contributed by atoms with Crippen molar-refractivity contribution in [2.24, 2.45) is 15.4 Å². The lowest BCUT2D eigenvalue weighted by Gasteiger charge is -2.11. The number of carbonyl (C=O) groups excluding carboxylic acids is 2. The number of hydrogen-bond acceptors (Lipinski definition) is 4. The number of azo groups is 1. The van der Waals surface area contributed by atoms with Gasteiger partial charge in [-0.3, -0.25) is 0 Å². The van der Waals surface area contributed by atoms with Gasteiger partial charge in [-0.15, -0.1) is 0 Å². The molecule has 0 bridgehead atoms. The van der Waals surface area contributed by atoms with E-state index in [1.54, 1.807) is 24.3 Å². The molecule has 120 valence electrons. The quantitative estimate of drug-likeness (QED) is 0.612. The zero-order chi connectivity index (χ0) is 16.9. The standard InChI is InChI=1S/C17H14N4O3/c1-12(20-24-11-13-5-3-2-4-6-13)14-7-9-15(10-8-14)21-16(22)18-19-17(21)23/h2-10H,11H2,1H3/b20-12-. The molecule has 7 nitrogen and oxygen atoms in total. The second kappa shape index (κ2) is 6.82. The molecule has 4 amide bonds. The molecule has 1 heterocycles. The molecular formula is C17H14N4O3. The fraction of sp³-hybridized carbons (Fsp3) is 0.118. The lowest BCUT2D eigenvalue weighted by molar-refractivity contribution is 0.130. The lowest BCUT2D eigenvalue weighted by atomic mass is 10.1. The molecule has 0 aliphatic carbocycles. The maximum Gasteiger partial charge on any atom is 0.375 e. The molecular weight excluding hydrogens is 308 g/mol. The summed E-state index contributed by atoms with van der Waals surface area (Å²) in [5, 5.41) is 10.5. The smallest absolute Gasteiger partial charge is 0.375 e. The highest BCUT2D eigenvalue weighted by molar-refractivity contribution is 6.17. The van der Waals surface area contributed by atoms with Crippen LogP contribution in [-0.4, -0.2) is 17.8 Å². The molecule has 2 aromatic carbocycles. The van der Waals surface area contributed by atoms with Gasteiger partial charge < -0.3 is 4.84 Å². The van der Waals surface area contributed by atoms with Crippen LogP contribution in [0.1, 0.15) is 18.1 Å². The highest BCUT2D eigenvalue weighted by Gasteiger charge is 2.28. The molecule has 0 saturated heterocycles. The van der Waals surface area contributed by atoms with Crippen molar-refractivity contribution in [3.05, 3.63) is 65.7 Å². The zero-order valence-electron chi connectivity index (χ0n) is 12.9. The van der Waals surface area contributed by atoms with Crippen molar-refractivity contribution >= 4 is 23.5 Å². The number of amides is 4. The van der Waals surface area contributed by atoms with E-state index >= 15 is 0 Å². The topological polar surface area (TPSA) is 83.7 Å². The van der Waals surface area contributed by atoms with E-state index in [1.807, 2.05) is 37.3 Å². The largest absolute Gasteiger partial charge is 0.391 e. The Morgan fingerprint density at radius 3 is 2.25 bits per heavy atom. The van der Waals surface area contributed by atoms with E-state index in [1.165, 1.54) is 0 Å². The van der Waals surface area contributed by atoms with Crippen molar-refractivity contribution in [2.75, 3.05) is 4.90 Å². The van der Waals surface area contributed by atoms with Gasteiger partial charge in [0.2, 0.25) is 0 Å². The normalized spacial score (nSPS) is 14.4. The summed E-state index contributed by atoms with van der Waals surface area (Å²) in [5.74, 6) is 0. The SMILES string of the molecule is C/C(=N/OCc1ccccc1)c1ccc(N2C(=O)N=NC2=O)cc1. The molecule has 0 radical (unpaired) electrons. The molecule has 0 spiro atoms. The highest BCUT2D eigenvalue weighted by Crippen LogP contribution is 2.21. The van der Waals surface area contributed by atoms with Crippen LogP contribution in [0, 0.1) is 0 Å². The molecule has 0 atom stereocenters. The molecule has 7 heteroatoms. The summed E-state index contributed by atoms with van der Waals surface area (Å²) in [6.07, 6.45) is 0. The number of oxime groups is 1. The van der Waals surface area contributed by atoms with E-state index in [0.29, 0.717) is 18.0 Å². The molecule has 0 saturated carbocycles. The van der Waals surface area contributed by atoms with Crippen LogP contribution in [0.2, 0.25) is 0 Å². The Morgan fingerprint density at radius 2 is 1.62 bits per heavy atom. The Hall–Kier alpha value is -3.35. The first-order valence-electron chi connectivity index (χ1n) is 7.26. The third-order valence-electron chi connectivity index (χ3n) is 3.42. The van der Waals surface area contributed by atoms with Crippen LogP contribution in [0.4, 0.5) is 15.3 Å². The van der Waals surface area contributed by atoms with Crippen LogP contribution >= 0.6 is 0 Å². The van der Waals surface area contributed by atoms with E-state index in [0.717, 1.165) is 16.0 Å². The van der Waals surface area contributed by atoms with Gasteiger partial charge in [0.15, 0.2) is 0 Å². The van der Waals surface area contributed by atoms with Crippen LogP contribution < -0.4 is 4.90 Å². The van der Waals surface area contributed by atoms with Crippen molar-refractivity contribution in [1.82, 2.24) is 0 Å². The summed E-state index contributed by atoms with van der Waals surface area (Å²) >= 11 is 0. The lowest BCUT2D eigenvalue weighted by Crippen LogP contribution is -2.27.